The molecule has 0 saturated heterocycles. The Balaban J connectivity index is 1.74. The van der Waals surface area contributed by atoms with Gasteiger partial charge in [-0.2, -0.15) is 16.4 Å². The topological polar surface area (TPSA) is 64.9 Å². The highest BCUT2D eigenvalue weighted by Crippen LogP contribution is 2.28. The molecule has 138 valence electrons. The van der Waals surface area contributed by atoms with E-state index in [1.165, 1.54) is 0 Å². The number of hydrogen-bond donors (Lipinski definition) is 1. The second-order valence-corrected chi connectivity index (χ2v) is 6.97. The third-order valence-corrected chi connectivity index (χ3v) is 5.20. The smallest absolute Gasteiger partial charge is 0.216 e. The van der Waals surface area contributed by atoms with Crippen LogP contribution in [0, 0.1) is 0 Å². The normalized spacial score (nSPS) is 11.1. The van der Waals surface area contributed by atoms with Crippen molar-refractivity contribution in [1.82, 2.24) is 19.7 Å². The number of methoxy groups -OCH3 is 1. The predicted molar refractivity (Wildman–Crippen MR) is 109 cm³/mol. The van der Waals surface area contributed by atoms with Crippen molar-refractivity contribution in [3.8, 4) is 17.3 Å². The van der Waals surface area contributed by atoms with E-state index in [0.29, 0.717) is 6.54 Å². The molecule has 1 aromatic carbocycles. The molecule has 6 nitrogen and oxygen atoms in total. The number of aromatic nitrogens is 4. The van der Waals surface area contributed by atoms with Gasteiger partial charge in [0.25, 0.3) is 0 Å². The molecule has 0 unspecified atom stereocenters. The minimum Gasteiger partial charge on any atom is -0.481 e. The molecule has 1 N–H and O–H groups in total. The molecular weight excluding hydrogens is 358 g/mol. The van der Waals surface area contributed by atoms with Crippen molar-refractivity contribution in [3.05, 3.63) is 52.3 Å². The van der Waals surface area contributed by atoms with Crippen LogP contribution in [-0.2, 0) is 20.0 Å². The lowest BCUT2D eigenvalue weighted by Crippen LogP contribution is -2.06. The maximum Gasteiger partial charge on any atom is 0.216 e. The Kier molecular flexibility index (Phi) is 4.77. The summed E-state index contributed by atoms with van der Waals surface area (Å²) in [5.41, 5.74) is 4.03. The van der Waals surface area contributed by atoms with Gasteiger partial charge >= 0.3 is 0 Å². The van der Waals surface area contributed by atoms with Crippen LogP contribution in [0.4, 0.5) is 5.82 Å². The lowest BCUT2D eigenvalue weighted by atomic mass is 10.2. The quantitative estimate of drug-likeness (QED) is 0.542. The largest absolute Gasteiger partial charge is 0.481 e. The average molecular weight is 379 g/mol. The molecule has 0 amide bonds. The minimum atomic E-state index is 0.588. The summed E-state index contributed by atoms with van der Waals surface area (Å²) in [7, 11) is 3.57. The van der Waals surface area contributed by atoms with E-state index in [1.54, 1.807) is 23.1 Å². The van der Waals surface area contributed by atoms with Crippen molar-refractivity contribution in [2.24, 2.45) is 7.05 Å². The van der Waals surface area contributed by atoms with Gasteiger partial charge in [-0.05, 0) is 30.0 Å². The second kappa shape index (κ2) is 7.36. The van der Waals surface area contributed by atoms with Gasteiger partial charge in [-0.1, -0.05) is 19.1 Å². The molecule has 3 aromatic heterocycles. The molecule has 0 atom stereocenters. The fourth-order valence-corrected chi connectivity index (χ4v) is 3.86. The monoisotopic (exact) mass is 379 g/mol. The van der Waals surface area contributed by atoms with E-state index in [-0.39, 0.29) is 0 Å². The predicted octanol–water partition coefficient (Wildman–Crippen LogP) is 4.27. The van der Waals surface area contributed by atoms with E-state index < -0.39 is 0 Å². The van der Waals surface area contributed by atoms with Crippen LogP contribution < -0.4 is 10.1 Å². The highest BCUT2D eigenvalue weighted by atomic mass is 32.1. The Morgan fingerprint density at radius 3 is 2.78 bits per heavy atom. The van der Waals surface area contributed by atoms with E-state index in [9.17, 15) is 0 Å². The molecule has 4 rings (SSSR count). The van der Waals surface area contributed by atoms with Crippen LogP contribution in [0.3, 0.4) is 0 Å². The Hall–Kier alpha value is -2.93. The summed E-state index contributed by atoms with van der Waals surface area (Å²) in [4.78, 5) is 9.51. The van der Waals surface area contributed by atoms with Gasteiger partial charge in [0.15, 0.2) is 5.82 Å². The fraction of sp³-hybridized carbons (Fsp3) is 0.250. The minimum absolute atomic E-state index is 0.588. The van der Waals surface area contributed by atoms with Crippen molar-refractivity contribution >= 4 is 28.1 Å². The SMILES string of the molecule is CCc1nn(C)c(OC)c1CNc1nc(-c2ccsc2)nc2ccccc12. The summed E-state index contributed by atoms with van der Waals surface area (Å²) < 4.78 is 7.33. The van der Waals surface area contributed by atoms with E-state index in [4.69, 9.17) is 14.7 Å². The second-order valence-electron chi connectivity index (χ2n) is 6.19. The maximum absolute atomic E-state index is 5.55. The zero-order valence-electron chi connectivity index (χ0n) is 15.6. The van der Waals surface area contributed by atoms with Crippen LogP contribution in [0.25, 0.3) is 22.3 Å². The summed E-state index contributed by atoms with van der Waals surface area (Å²) >= 11 is 1.64. The number of aryl methyl sites for hydroxylation is 2. The number of thiophene rings is 1. The highest BCUT2D eigenvalue weighted by molar-refractivity contribution is 7.08. The summed E-state index contributed by atoms with van der Waals surface area (Å²) in [6, 6.07) is 10.1. The van der Waals surface area contributed by atoms with Gasteiger partial charge < -0.3 is 10.1 Å². The third-order valence-electron chi connectivity index (χ3n) is 4.51. The van der Waals surface area contributed by atoms with E-state index in [2.05, 4.69) is 22.7 Å². The summed E-state index contributed by atoms with van der Waals surface area (Å²) in [6.07, 6.45) is 0.846. The highest BCUT2D eigenvalue weighted by Gasteiger charge is 2.17. The summed E-state index contributed by atoms with van der Waals surface area (Å²) in [5.74, 6) is 2.32. The lowest BCUT2D eigenvalue weighted by molar-refractivity contribution is 0.370. The molecule has 27 heavy (non-hydrogen) atoms. The summed E-state index contributed by atoms with van der Waals surface area (Å²) in [6.45, 7) is 2.68. The van der Waals surface area contributed by atoms with Gasteiger partial charge in [0.1, 0.15) is 5.82 Å². The number of benzene rings is 1. The van der Waals surface area contributed by atoms with Crippen molar-refractivity contribution in [1.29, 1.82) is 0 Å². The van der Waals surface area contributed by atoms with Crippen LogP contribution >= 0.6 is 11.3 Å². The number of hydrogen-bond acceptors (Lipinski definition) is 6. The number of nitrogens with zero attached hydrogens (tertiary/aromatic N) is 4. The zero-order valence-corrected chi connectivity index (χ0v) is 16.4. The van der Waals surface area contributed by atoms with Crippen molar-refractivity contribution in [2.75, 3.05) is 12.4 Å². The van der Waals surface area contributed by atoms with Crippen molar-refractivity contribution < 1.29 is 4.74 Å². The van der Waals surface area contributed by atoms with Crippen LogP contribution in [0.5, 0.6) is 5.88 Å². The van der Waals surface area contributed by atoms with Gasteiger partial charge in [0.2, 0.25) is 5.88 Å². The van der Waals surface area contributed by atoms with E-state index in [0.717, 1.165) is 51.7 Å². The zero-order chi connectivity index (χ0) is 18.8. The van der Waals surface area contributed by atoms with Crippen molar-refractivity contribution in [2.45, 2.75) is 19.9 Å². The van der Waals surface area contributed by atoms with Crippen LogP contribution in [-0.4, -0.2) is 26.9 Å². The Labute approximate surface area is 161 Å². The number of anilines is 1. The molecular formula is C20H21N5OS. The molecule has 0 spiro atoms. The van der Waals surface area contributed by atoms with Gasteiger partial charge in [0.05, 0.1) is 23.9 Å². The number of fused-ring (bicyclic) bond motifs is 1. The fourth-order valence-electron chi connectivity index (χ4n) is 3.23. The molecule has 0 fully saturated rings. The lowest BCUT2D eigenvalue weighted by Gasteiger charge is -2.11. The first-order valence-electron chi connectivity index (χ1n) is 8.83. The molecule has 0 aliphatic heterocycles. The molecule has 4 aromatic rings. The van der Waals surface area contributed by atoms with Crippen LogP contribution in [0.15, 0.2) is 41.1 Å². The molecule has 7 heteroatoms. The Morgan fingerprint density at radius 1 is 1.19 bits per heavy atom. The van der Waals surface area contributed by atoms with E-state index in [1.807, 2.05) is 42.8 Å². The van der Waals surface area contributed by atoms with Crippen LogP contribution in [0.1, 0.15) is 18.2 Å². The average Bonchev–Trinajstić information content (AvgIpc) is 3.33. The van der Waals surface area contributed by atoms with Crippen molar-refractivity contribution in [3.63, 3.8) is 0 Å². The van der Waals surface area contributed by atoms with Crippen LogP contribution in [0.2, 0.25) is 0 Å². The number of ether oxygens (including phenoxy) is 1. The molecule has 0 aliphatic rings. The first-order valence-corrected chi connectivity index (χ1v) is 9.77. The first kappa shape index (κ1) is 17.5. The maximum atomic E-state index is 5.55. The number of rotatable bonds is 6. The number of nitrogens with one attached hydrogen (secondary N) is 1. The molecule has 3 heterocycles. The number of para-hydroxylation sites is 1. The Bertz CT molecular complexity index is 1070. The van der Waals surface area contributed by atoms with Gasteiger partial charge in [-0.15, -0.1) is 0 Å². The van der Waals surface area contributed by atoms with Gasteiger partial charge in [-0.3, -0.25) is 0 Å². The molecule has 0 radical (unpaired) electrons. The Morgan fingerprint density at radius 2 is 2.04 bits per heavy atom. The first-order chi connectivity index (χ1) is 13.2. The van der Waals surface area contributed by atoms with Gasteiger partial charge in [-0.25, -0.2) is 14.6 Å². The molecule has 0 aliphatic carbocycles. The molecule has 0 saturated carbocycles. The van der Waals surface area contributed by atoms with E-state index >= 15 is 0 Å². The standard InChI is InChI=1S/C20H21N5OS/c1-4-16-15(20(26-3)25(2)24-16)11-21-19-14-7-5-6-8-17(14)22-18(23-19)13-9-10-27-12-13/h5-10,12H,4,11H2,1-3H3,(H,21,22,23). The van der Waals surface area contributed by atoms with Gasteiger partial charge in [0, 0.05) is 29.9 Å². The third kappa shape index (κ3) is 3.26. The summed E-state index contributed by atoms with van der Waals surface area (Å²) in [5, 5.41) is 13.1. The molecule has 0 bridgehead atoms.